The van der Waals surface area contributed by atoms with Gasteiger partial charge in [-0.05, 0) is 38.5 Å². The molecule has 0 fully saturated rings. The molecule has 0 aliphatic rings. The van der Waals surface area contributed by atoms with Crippen molar-refractivity contribution in [2.45, 2.75) is 26.4 Å². The summed E-state index contributed by atoms with van der Waals surface area (Å²) >= 11 is 0. The molecule has 3 aromatic rings. The van der Waals surface area contributed by atoms with E-state index in [4.69, 9.17) is 4.74 Å². The predicted molar refractivity (Wildman–Crippen MR) is 122 cm³/mol. The number of nitrogens with zero attached hydrogens (tertiary/aromatic N) is 3. The average Bonchev–Trinajstić information content (AvgIpc) is 2.74. The topological polar surface area (TPSA) is 132 Å². The summed E-state index contributed by atoms with van der Waals surface area (Å²) in [7, 11) is 0. The van der Waals surface area contributed by atoms with Gasteiger partial charge in [-0.2, -0.15) is 10.4 Å². The van der Waals surface area contributed by atoms with Crippen molar-refractivity contribution in [2.24, 2.45) is 5.10 Å². The number of halogens is 1. The number of amides is 1. The number of hydrogen-bond acceptors (Lipinski definition) is 7. The maximum atomic E-state index is 14.3. The Morgan fingerprint density at radius 3 is 2.61 bits per heavy atom. The number of benzene rings is 2. The number of rotatable bonds is 5. The summed E-state index contributed by atoms with van der Waals surface area (Å²) in [5, 5.41) is 15.6. The van der Waals surface area contributed by atoms with Crippen LogP contribution in [0, 0.1) is 17.1 Å². The molecule has 0 saturated carbocycles. The molecule has 10 heteroatoms. The van der Waals surface area contributed by atoms with E-state index in [1.165, 1.54) is 24.4 Å². The van der Waals surface area contributed by atoms with Crippen LogP contribution >= 0.6 is 0 Å². The van der Waals surface area contributed by atoms with Crippen LogP contribution < -0.4 is 16.3 Å². The van der Waals surface area contributed by atoms with E-state index in [9.17, 15) is 19.2 Å². The van der Waals surface area contributed by atoms with E-state index in [2.05, 4.69) is 25.8 Å². The Morgan fingerprint density at radius 2 is 1.97 bits per heavy atom. The quantitative estimate of drug-likeness (QED) is 0.395. The molecule has 0 saturated heterocycles. The molecule has 1 aromatic heterocycles. The summed E-state index contributed by atoms with van der Waals surface area (Å²) in [6, 6.07) is 14.7. The van der Waals surface area contributed by atoms with Crippen LogP contribution in [0.3, 0.4) is 0 Å². The Labute approximate surface area is 188 Å². The number of nitriles is 1. The van der Waals surface area contributed by atoms with E-state index in [0.717, 1.165) is 0 Å². The van der Waals surface area contributed by atoms with Gasteiger partial charge in [0.25, 0.3) is 5.56 Å². The number of carbonyl (C=O) groups is 1. The van der Waals surface area contributed by atoms with E-state index >= 15 is 0 Å². The van der Waals surface area contributed by atoms with Crippen LogP contribution in [0.5, 0.6) is 0 Å². The minimum absolute atomic E-state index is 0.0118. The zero-order valence-electron chi connectivity index (χ0n) is 18.1. The Hall–Kier alpha value is -4.52. The summed E-state index contributed by atoms with van der Waals surface area (Å²) < 4.78 is 19.4. The highest BCUT2D eigenvalue weighted by atomic mass is 19.1. The van der Waals surface area contributed by atoms with E-state index in [0.29, 0.717) is 11.1 Å². The minimum atomic E-state index is -0.769. The molecule has 3 N–H and O–H groups in total. The van der Waals surface area contributed by atoms with Gasteiger partial charge in [0, 0.05) is 5.56 Å². The van der Waals surface area contributed by atoms with Gasteiger partial charge in [0.2, 0.25) is 5.95 Å². The Balaban J connectivity index is 1.75. The molecular formula is C23H21FN6O3. The van der Waals surface area contributed by atoms with Crippen LogP contribution in [-0.4, -0.2) is 27.9 Å². The highest BCUT2D eigenvalue weighted by Crippen LogP contribution is 2.20. The maximum Gasteiger partial charge on any atom is 0.412 e. The Bertz CT molecular complexity index is 1290. The van der Waals surface area contributed by atoms with Crippen molar-refractivity contribution >= 4 is 23.9 Å². The molecule has 0 bridgehead atoms. The third-order valence-electron chi connectivity index (χ3n) is 4.09. The second-order valence-electron chi connectivity index (χ2n) is 7.85. The van der Waals surface area contributed by atoms with Gasteiger partial charge in [0.15, 0.2) is 0 Å². The Morgan fingerprint density at radius 1 is 1.24 bits per heavy atom. The molecule has 2 aromatic carbocycles. The number of carbonyl (C=O) groups excluding carboxylic acids is 1. The lowest BCUT2D eigenvalue weighted by Crippen LogP contribution is -2.27. The summed E-state index contributed by atoms with van der Waals surface area (Å²) in [5.74, 6) is -0.668. The molecule has 3 rings (SSSR count). The highest BCUT2D eigenvalue weighted by molar-refractivity contribution is 5.87. The molecule has 0 aliphatic heterocycles. The van der Waals surface area contributed by atoms with Crippen LogP contribution in [0.25, 0.3) is 11.3 Å². The van der Waals surface area contributed by atoms with Gasteiger partial charge in [-0.3, -0.25) is 15.1 Å². The van der Waals surface area contributed by atoms with Crippen LogP contribution in [0.2, 0.25) is 0 Å². The van der Waals surface area contributed by atoms with E-state index < -0.39 is 23.1 Å². The van der Waals surface area contributed by atoms with Gasteiger partial charge >= 0.3 is 6.09 Å². The van der Waals surface area contributed by atoms with Gasteiger partial charge < -0.3 is 4.74 Å². The first-order chi connectivity index (χ1) is 15.7. The number of aromatic nitrogens is 2. The smallest absolute Gasteiger partial charge is 0.412 e. The molecule has 0 spiro atoms. The SMILES string of the molecule is CC(C)(C)OC(=O)Nc1ccc(C=NNc2nc(-c3ccccc3)c(C#N)c(=O)[nH]2)cc1F. The molecular weight excluding hydrogens is 427 g/mol. The van der Waals surface area contributed by atoms with Crippen molar-refractivity contribution < 1.29 is 13.9 Å². The minimum Gasteiger partial charge on any atom is -0.444 e. The van der Waals surface area contributed by atoms with E-state index in [1.54, 1.807) is 51.1 Å². The number of H-pyrrole nitrogens is 1. The van der Waals surface area contributed by atoms with Crippen molar-refractivity contribution in [3.05, 3.63) is 75.8 Å². The van der Waals surface area contributed by atoms with Crippen molar-refractivity contribution in [2.75, 3.05) is 10.7 Å². The second kappa shape index (κ2) is 9.74. The highest BCUT2D eigenvalue weighted by Gasteiger charge is 2.17. The lowest BCUT2D eigenvalue weighted by Gasteiger charge is -2.19. The van der Waals surface area contributed by atoms with Crippen LogP contribution in [0.15, 0.2) is 58.4 Å². The Kier molecular flexibility index (Phi) is 6.83. The van der Waals surface area contributed by atoms with Crippen molar-refractivity contribution in [3.8, 4) is 17.3 Å². The largest absolute Gasteiger partial charge is 0.444 e. The molecule has 1 heterocycles. The predicted octanol–water partition coefficient (Wildman–Crippen LogP) is 4.24. The van der Waals surface area contributed by atoms with E-state index in [-0.39, 0.29) is 22.9 Å². The molecule has 1 amide bonds. The normalized spacial score (nSPS) is 11.1. The number of hydrazone groups is 1. The number of nitrogens with one attached hydrogen (secondary N) is 3. The van der Waals surface area contributed by atoms with Gasteiger partial charge in [-0.1, -0.05) is 36.4 Å². The first-order valence-corrected chi connectivity index (χ1v) is 9.85. The molecule has 0 unspecified atom stereocenters. The van der Waals surface area contributed by atoms with Crippen LogP contribution in [0.1, 0.15) is 31.9 Å². The van der Waals surface area contributed by atoms with Gasteiger partial charge in [0.1, 0.15) is 23.1 Å². The number of hydrogen-bond donors (Lipinski definition) is 3. The fourth-order valence-electron chi connectivity index (χ4n) is 2.73. The average molecular weight is 448 g/mol. The zero-order valence-corrected chi connectivity index (χ0v) is 18.1. The van der Waals surface area contributed by atoms with Gasteiger partial charge in [-0.25, -0.2) is 19.6 Å². The monoisotopic (exact) mass is 448 g/mol. The first kappa shape index (κ1) is 23.1. The molecule has 0 atom stereocenters. The molecule has 0 radical (unpaired) electrons. The fraction of sp³-hybridized carbons (Fsp3) is 0.174. The molecule has 33 heavy (non-hydrogen) atoms. The fourth-order valence-corrected chi connectivity index (χ4v) is 2.73. The van der Waals surface area contributed by atoms with Crippen molar-refractivity contribution in [3.63, 3.8) is 0 Å². The number of ether oxygens (including phenoxy) is 1. The second-order valence-corrected chi connectivity index (χ2v) is 7.85. The standard InChI is InChI=1S/C23H21FN6O3/c1-23(2,3)33-22(32)27-18-10-9-14(11-17(18)24)13-26-30-21-28-19(15-7-5-4-6-8-15)16(12-25)20(31)29-21/h4-11,13H,1-3H3,(H,27,32)(H2,28,29,30,31). The molecule has 168 valence electrons. The molecule has 0 aliphatic carbocycles. The number of aromatic amines is 1. The van der Waals surface area contributed by atoms with Crippen LogP contribution in [-0.2, 0) is 4.74 Å². The summed E-state index contributed by atoms with van der Waals surface area (Å²) in [6.07, 6.45) is 0.537. The molecule has 9 nitrogen and oxygen atoms in total. The van der Waals surface area contributed by atoms with Gasteiger partial charge in [-0.15, -0.1) is 0 Å². The summed E-state index contributed by atoms with van der Waals surface area (Å²) in [4.78, 5) is 30.8. The van der Waals surface area contributed by atoms with Gasteiger partial charge in [0.05, 0.1) is 17.6 Å². The third-order valence-corrected chi connectivity index (χ3v) is 4.09. The zero-order chi connectivity index (χ0) is 24.0. The van der Waals surface area contributed by atoms with Crippen molar-refractivity contribution in [1.82, 2.24) is 9.97 Å². The summed E-state index contributed by atoms with van der Waals surface area (Å²) in [5.41, 5.74) is 2.27. The summed E-state index contributed by atoms with van der Waals surface area (Å²) in [6.45, 7) is 5.11. The lowest BCUT2D eigenvalue weighted by molar-refractivity contribution is 0.0635. The number of anilines is 2. The van der Waals surface area contributed by atoms with Crippen LogP contribution in [0.4, 0.5) is 20.8 Å². The third kappa shape index (κ3) is 6.24. The lowest BCUT2D eigenvalue weighted by atomic mass is 10.1. The maximum absolute atomic E-state index is 14.3. The van der Waals surface area contributed by atoms with Crippen molar-refractivity contribution in [1.29, 1.82) is 5.26 Å². The first-order valence-electron chi connectivity index (χ1n) is 9.85. The van der Waals surface area contributed by atoms with E-state index in [1.807, 2.05) is 6.07 Å².